The highest BCUT2D eigenvalue weighted by atomic mass is 16.5. The minimum atomic E-state index is 0.195. The van der Waals surface area contributed by atoms with Gasteiger partial charge in [-0.05, 0) is 44.9 Å². The third-order valence-corrected chi connectivity index (χ3v) is 6.34. The fourth-order valence-electron chi connectivity index (χ4n) is 4.64. The highest BCUT2D eigenvalue weighted by Gasteiger charge is 2.31. The number of fused-ring (bicyclic) bond motifs is 1. The summed E-state index contributed by atoms with van der Waals surface area (Å²) in [5, 5.41) is 4.43. The SMILES string of the molecule is C[C@@H](C1CCN(C(=O)c2cnn3c2CCCC3)CC1)N1CCOCC1. The third kappa shape index (κ3) is 3.47. The minimum Gasteiger partial charge on any atom is -0.379 e. The van der Waals surface area contributed by atoms with Crippen molar-refractivity contribution in [2.45, 2.75) is 51.6 Å². The van der Waals surface area contributed by atoms with Crippen LogP contribution in [0.3, 0.4) is 0 Å². The summed E-state index contributed by atoms with van der Waals surface area (Å²) < 4.78 is 7.50. The van der Waals surface area contributed by atoms with Gasteiger partial charge >= 0.3 is 0 Å². The first kappa shape index (κ1) is 17.0. The molecule has 1 atom stereocenters. The maximum Gasteiger partial charge on any atom is 0.257 e. The van der Waals surface area contributed by atoms with E-state index < -0.39 is 0 Å². The van der Waals surface area contributed by atoms with Gasteiger partial charge in [-0.25, -0.2) is 0 Å². The van der Waals surface area contributed by atoms with Crippen molar-refractivity contribution in [3.8, 4) is 0 Å². The summed E-state index contributed by atoms with van der Waals surface area (Å²) in [6.07, 6.45) is 7.34. The molecule has 0 unspecified atom stereocenters. The lowest BCUT2D eigenvalue weighted by Crippen LogP contribution is -2.49. The maximum absolute atomic E-state index is 13.0. The van der Waals surface area contributed by atoms with Crippen molar-refractivity contribution in [1.29, 1.82) is 0 Å². The number of carbonyl (C=O) groups excluding carboxylic acids is 1. The molecule has 6 heteroatoms. The molecule has 0 N–H and O–H groups in total. The fraction of sp³-hybridized carbons (Fsp3) is 0.789. The molecule has 0 bridgehead atoms. The Morgan fingerprint density at radius 2 is 1.92 bits per heavy atom. The first-order valence-corrected chi connectivity index (χ1v) is 9.90. The Hall–Kier alpha value is -1.40. The number of carbonyl (C=O) groups is 1. The molecule has 2 saturated heterocycles. The molecule has 3 aliphatic rings. The Morgan fingerprint density at radius 1 is 1.16 bits per heavy atom. The van der Waals surface area contributed by atoms with E-state index in [9.17, 15) is 4.79 Å². The molecule has 1 amide bonds. The Morgan fingerprint density at radius 3 is 2.68 bits per heavy atom. The quantitative estimate of drug-likeness (QED) is 0.837. The highest BCUT2D eigenvalue weighted by Crippen LogP contribution is 2.27. The van der Waals surface area contributed by atoms with Gasteiger partial charge in [0.1, 0.15) is 0 Å². The molecule has 1 aromatic heterocycles. The van der Waals surface area contributed by atoms with E-state index in [1.54, 1.807) is 6.20 Å². The summed E-state index contributed by atoms with van der Waals surface area (Å²) in [6, 6.07) is 0.588. The van der Waals surface area contributed by atoms with E-state index in [-0.39, 0.29) is 5.91 Å². The normalized spacial score (nSPS) is 24.1. The number of hydrogen-bond donors (Lipinski definition) is 0. The minimum absolute atomic E-state index is 0.195. The molecule has 0 spiro atoms. The van der Waals surface area contributed by atoms with Crippen molar-refractivity contribution in [1.82, 2.24) is 19.6 Å². The zero-order valence-electron chi connectivity index (χ0n) is 15.3. The number of morpholine rings is 1. The van der Waals surface area contributed by atoms with Crippen LogP contribution >= 0.6 is 0 Å². The zero-order chi connectivity index (χ0) is 17.2. The predicted octanol–water partition coefficient (Wildman–Crippen LogP) is 1.79. The number of rotatable bonds is 3. The van der Waals surface area contributed by atoms with E-state index in [2.05, 4.69) is 21.8 Å². The van der Waals surface area contributed by atoms with Crippen molar-refractivity contribution in [3.05, 3.63) is 17.5 Å². The van der Waals surface area contributed by atoms with Crippen LogP contribution < -0.4 is 0 Å². The number of piperidine rings is 1. The molecule has 0 aliphatic carbocycles. The van der Waals surface area contributed by atoms with E-state index in [1.165, 1.54) is 12.8 Å². The second-order valence-electron chi connectivity index (χ2n) is 7.70. The van der Waals surface area contributed by atoms with Crippen LogP contribution in [0.2, 0.25) is 0 Å². The summed E-state index contributed by atoms with van der Waals surface area (Å²) >= 11 is 0. The fourth-order valence-corrected chi connectivity index (χ4v) is 4.64. The van der Waals surface area contributed by atoms with Crippen LogP contribution in [0.1, 0.15) is 48.7 Å². The lowest BCUT2D eigenvalue weighted by Gasteiger charge is -2.41. The van der Waals surface area contributed by atoms with Gasteiger partial charge in [-0.1, -0.05) is 0 Å². The average molecular weight is 346 g/mol. The van der Waals surface area contributed by atoms with Gasteiger partial charge in [0.15, 0.2) is 0 Å². The van der Waals surface area contributed by atoms with Gasteiger partial charge in [0.2, 0.25) is 0 Å². The molecule has 25 heavy (non-hydrogen) atoms. The smallest absolute Gasteiger partial charge is 0.257 e. The van der Waals surface area contributed by atoms with Gasteiger partial charge in [0.25, 0.3) is 5.91 Å². The molecular formula is C19H30N4O2. The molecular weight excluding hydrogens is 316 g/mol. The zero-order valence-corrected chi connectivity index (χ0v) is 15.3. The lowest BCUT2D eigenvalue weighted by atomic mass is 9.89. The second-order valence-corrected chi connectivity index (χ2v) is 7.70. The molecule has 138 valence electrons. The van der Waals surface area contributed by atoms with Crippen molar-refractivity contribution >= 4 is 5.91 Å². The van der Waals surface area contributed by atoms with Gasteiger partial charge in [-0.15, -0.1) is 0 Å². The summed E-state index contributed by atoms with van der Waals surface area (Å²) in [7, 11) is 0. The van der Waals surface area contributed by atoms with E-state index in [1.807, 2.05) is 4.68 Å². The van der Waals surface area contributed by atoms with E-state index in [4.69, 9.17) is 4.74 Å². The van der Waals surface area contributed by atoms with Crippen LogP contribution in [0.4, 0.5) is 0 Å². The van der Waals surface area contributed by atoms with Crippen molar-refractivity contribution in [2.75, 3.05) is 39.4 Å². The van der Waals surface area contributed by atoms with Crippen molar-refractivity contribution in [2.24, 2.45) is 5.92 Å². The number of likely N-dealkylation sites (tertiary alicyclic amines) is 1. The van der Waals surface area contributed by atoms with Gasteiger partial charge < -0.3 is 9.64 Å². The summed E-state index contributed by atoms with van der Waals surface area (Å²) in [5.41, 5.74) is 2.00. The van der Waals surface area contributed by atoms with Gasteiger partial charge in [-0.3, -0.25) is 14.4 Å². The Balaban J connectivity index is 1.35. The van der Waals surface area contributed by atoms with Gasteiger partial charge in [0, 0.05) is 38.8 Å². The van der Waals surface area contributed by atoms with Crippen LogP contribution in [0.15, 0.2) is 6.20 Å². The molecule has 4 heterocycles. The number of ether oxygens (including phenoxy) is 1. The monoisotopic (exact) mass is 346 g/mol. The van der Waals surface area contributed by atoms with Crippen LogP contribution in [0, 0.1) is 5.92 Å². The average Bonchev–Trinajstić information content (AvgIpc) is 3.12. The molecule has 6 nitrogen and oxygen atoms in total. The summed E-state index contributed by atoms with van der Waals surface area (Å²) in [4.78, 5) is 17.6. The van der Waals surface area contributed by atoms with E-state index in [0.29, 0.717) is 12.0 Å². The summed E-state index contributed by atoms with van der Waals surface area (Å²) in [6.45, 7) is 8.86. The maximum atomic E-state index is 13.0. The van der Waals surface area contributed by atoms with E-state index in [0.717, 1.165) is 76.5 Å². The standard InChI is InChI=1S/C19H30N4O2/c1-15(21-10-12-25-13-11-21)16-5-8-22(9-6-16)19(24)17-14-20-23-7-3-2-4-18(17)23/h14-16H,2-13H2,1H3/t15-/m0/s1. The van der Waals surface area contributed by atoms with Crippen LogP contribution in [-0.2, 0) is 17.7 Å². The van der Waals surface area contributed by atoms with Crippen LogP contribution in [0.25, 0.3) is 0 Å². The van der Waals surface area contributed by atoms with Crippen molar-refractivity contribution < 1.29 is 9.53 Å². The molecule has 3 aliphatic heterocycles. The van der Waals surface area contributed by atoms with Crippen molar-refractivity contribution in [3.63, 3.8) is 0 Å². The topological polar surface area (TPSA) is 50.6 Å². The Labute approximate surface area is 150 Å². The highest BCUT2D eigenvalue weighted by molar-refractivity contribution is 5.95. The number of amides is 1. The van der Waals surface area contributed by atoms with Gasteiger partial charge in [-0.2, -0.15) is 5.10 Å². The third-order valence-electron chi connectivity index (χ3n) is 6.34. The number of aromatic nitrogens is 2. The first-order valence-electron chi connectivity index (χ1n) is 9.90. The molecule has 4 rings (SSSR count). The Kier molecular flexibility index (Phi) is 5.08. The number of nitrogens with zero attached hydrogens (tertiary/aromatic N) is 4. The Bertz CT molecular complexity index is 601. The first-order chi connectivity index (χ1) is 12.2. The second kappa shape index (κ2) is 7.46. The van der Waals surface area contributed by atoms with E-state index >= 15 is 0 Å². The number of aryl methyl sites for hydroxylation is 1. The van der Waals surface area contributed by atoms with Crippen LogP contribution in [-0.4, -0.2) is 70.9 Å². The molecule has 0 saturated carbocycles. The molecule has 1 aromatic rings. The lowest BCUT2D eigenvalue weighted by molar-refractivity contribution is -0.000959. The molecule has 2 fully saturated rings. The molecule has 0 aromatic carbocycles. The predicted molar refractivity (Wildman–Crippen MR) is 95.6 cm³/mol. The molecule has 0 radical (unpaired) electrons. The summed E-state index contributed by atoms with van der Waals surface area (Å²) in [5.74, 6) is 0.879. The van der Waals surface area contributed by atoms with Crippen LogP contribution in [0.5, 0.6) is 0 Å². The van der Waals surface area contributed by atoms with Gasteiger partial charge in [0.05, 0.1) is 30.7 Å². The number of hydrogen-bond acceptors (Lipinski definition) is 4. The largest absolute Gasteiger partial charge is 0.379 e.